The van der Waals surface area contributed by atoms with Gasteiger partial charge in [0.25, 0.3) is 0 Å². The Bertz CT molecular complexity index is 500. The van der Waals surface area contributed by atoms with Crippen molar-refractivity contribution in [2.75, 3.05) is 0 Å². The number of rotatable bonds is 0. The molecule has 0 saturated heterocycles. The molecule has 1 heteroatoms. The quantitative estimate of drug-likeness (QED) is 0.484. The van der Waals surface area contributed by atoms with Crippen molar-refractivity contribution in [3.63, 3.8) is 0 Å². The Morgan fingerprint density at radius 3 is 2.75 bits per heavy atom. The molecule has 0 saturated carbocycles. The van der Waals surface area contributed by atoms with Crippen LogP contribution in [0, 0.1) is 0 Å². The third kappa shape index (κ3) is 0.527. The predicted octanol–water partition coefficient (Wildman–Crippen LogP) is 2.13. The van der Waals surface area contributed by atoms with E-state index in [0.717, 1.165) is 16.7 Å². The summed E-state index contributed by atoms with van der Waals surface area (Å²) >= 11 is 0. The van der Waals surface area contributed by atoms with Crippen LogP contribution in [0.4, 0.5) is 0 Å². The number of hydrogen-bond acceptors (Lipinski definition) is 1. The molecule has 0 heterocycles. The van der Waals surface area contributed by atoms with E-state index in [4.69, 9.17) is 0 Å². The summed E-state index contributed by atoms with van der Waals surface area (Å²) in [4.78, 5) is 11.4. The Morgan fingerprint density at radius 2 is 1.83 bits per heavy atom. The summed E-state index contributed by atoms with van der Waals surface area (Å²) in [5, 5.41) is 0. The molecule has 0 N–H and O–H groups in total. The fourth-order valence-corrected chi connectivity index (χ4v) is 1.84. The lowest BCUT2D eigenvalue weighted by molar-refractivity contribution is 1.74. The van der Waals surface area contributed by atoms with E-state index in [9.17, 15) is 4.79 Å². The van der Waals surface area contributed by atoms with Gasteiger partial charge >= 0.3 is 0 Å². The summed E-state index contributed by atoms with van der Waals surface area (Å²) in [7, 11) is 0. The number of fused-ring (bicyclic) bond motifs is 3. The zero-order chi connectivity index (χ0) is 8.13. The third-order valence-electron chi connectivity index (χ3n) is 2.38. The molecule has 0 atom stereocenters. The molecular formula is C11H6O. The molecule has 56 valence electrons. The normalized spacial score (nSPS) is 11.7. The van der Waals surface area contributed by atoms with E-state index < -0.39 is 0 Å². The van der Waals surface area contributed by atoms with Crippen LogP contribution in [0.25, 0.3) is 22.3 Å². The fraction of sp³-hybridized carbons (Fsp3) is 0. The molecule has 0 aliphatic heterocycles. The van der Waals surface area contributed by atoms with Crippen molar-refractivity contribution in [2.45, 2.75) is 0 Å². The van der Waals surface area contributed by atoms with Crippen LogP contribution in [0.3, 0.4) is 0 Å². The van der Waals surface area contributed by atoms with E-state index in [2.05, 4.69) is 6.07 Å². The maximum absolute atomic E-state index is 11.4. The van der Waals surface area contributed by atoms with Gasteiger partial charge in [0, 0.05) is 5.56 Å². The van der Waals surface area contributed by atoms with Crippen LogP contribution in [0.2, 0.25) is 0 Å². The molecule has 0 bridgehead atoms. The van der Waals surface area contributed by atoms with E-state index in [1.807, 2.05) is 24.3 Å². The van der Waals surface area contributed by atoms with Gasteiger partial charge in [-0.2, -0.15) is 0 Å². The van der Waals surface area contributed by atoms with Crippen molar-refractivity contribution < 1.29 is 0 Å². The molecule has 3 aliphatic carbocycles. The van der Waals surface area contributed by atoms with Crippen LogP contribution in [0.5, 0.6) is 0 Å². The second-order valence-electron chi connectivity index (χ2n) is 3.07. The second-order valence-corrected chi connectivity index (χ2v) is 3.07. The van der Waals surface area contributed by atoms with Gasteiger partial charge in [0.05, 0.1) is 0 Å². The Balaban J connectivity index is 2.60. The van der Waals surface area contributed by atoms with Crippen LogP contribution in [-0.4, -0.2) is 0 Å². The predicted molar refractivity (Wildman–Crippen MR) is 48.3 cm³/mol. The van der Waals surface area contributed by atoms with Crippen molar-refractivity contribution >= 4 is 0 Å². The van der Waals surface area contributed by atoms with Gasteiger partial charge in [-0.15, -0.1) is 0 Å². The van der Waals surface area contributed by atoms with Gasteiger partial charge in [-0.1, -0.05) is 24.3 Å². The van der Waals surface area contributed by atoms with E-state index in [0.29, 0.717) is 0 Å². The minimum atomic E-state index is 0.145. The van der Waals surface area contributed by atoms with Crippen LogP contribution in [-0.2, 0) is 0 Å². The summed E-state index contributed by atoms with van der Waals surface area (Å²) in [5.41, 5.74) is 4.38. The maximum Gasteiger partial charge on any atom is 0.187 e. The Hall–Kier alpha value is -1.63. The summed E-state index contributed by atoms with van der Waals surface area (Å²) in [6, 6.07) is 11.6. The zero-order valence-electron chi connectivity index (χ0n) is 6.37. The Kier molecular flexibility index (Phi) is 0.867. The molecule has 3 aliphatic rings. The zero-order valence-corrected chi connectivity index (χ0v) is 6.37. The van der Waals surface area contributed by atoms with Crippen molar-refractivity contribution in [3.8, 4) is 22.3 Å². The summed E-state index contributed by atoms with van der Waals surface area (Å²) in [5.74, 6) is 0. The minimum absolute atomic E-state index is 0.145. The largest absolute Gasteiger partial charge is 0.289 e. The number of hydrogen-bond donors (Lipinski definition) is 0. The van der Waals surface area contributed by atoms with Crippen LogP contribution >= 0.6 is 0 Å². The van der Waals surface area contributed by atoms with E-state index >= 15 is 0 Å². The van der Waals surface area contributed by atoms with E-state index in [-0.39, 0.29) is 5.43 Å². The first-order chi connectivity index (χ1) is 5.86. The molecule has 0 aromatic rings. The molecular weight excluding hydrogens is 148 g/mol. The average Bonchev–Trinajstić information content (AvgIpc) is 2.61. The summed E-state index contributed by atoms with van der Waals surface area (Å²) < 4.78 is 0. The lowest BCUT2D eigenvalue weighted by Crippen LogP contribution is -1.92. The topological polar surface area (TPSA) is 17.1 Å². The van der Waals surface area contributed by atoms with Crippen LogP contribution in [0.15, 0.2) is 41.2 Å². The third-order valence-corrected chi connectivity index (χ3v) is 2.38. The smallest absolute Gasteiger partial charge is 0.187 e. The molecule has 12 heavy (non-hydrogen) atoms. The highest BCUT2D eigenvalue weighted by Gasteiger charge is 2.18. The molecule has 0 aromatic carbocycles. The molecule has 0 unspecified atom stereocenters. The lowest BCUT2D eigenvalue weighted by atomic mass is 10.1. The van der Waals surface area contributed by atoms with Crippen molar-refractivity contribution in [1.82, 2.24) is 0 Å². The minimum Gasteiger partial charge on any atom is -0.289 e. The average molecular weight is 154 g/mol. The van der Waals surface area contributed by atoms with Crippen molar-refractivity contribution in [3.05, 3.63) is 46.6 Å². The Labute approximate surface area is 69.6 Å². The maximum atomic E-state index is 11.4. The summed E-state index contributed by atoms with van der Waals surface area (Å²) in [6.45, 7) is 0. The van der Waals surface area contributed by atoms with Gasteiger partial charge in [-0.05, 0) is 28.8 Å². The first kappa shape index (κ1) is 5.95. The first-order valence-corrected chi connectivity index (χ1v) is 3.94. The molecule has 3 rings (SSSR count). The summed E-state index contributed by atoms with van der Waals surface area (Å²) in [6.07, 6.45) is 0. The van der Waals surface area contributed by atoms with Crippen LogP contribution < -0.4 is 5.43 Å². The lowest BCUT2D eigenvalue weighted by Gasteiger charge is -1.87. The highest BCUT2D eigenvalue weighted by molar-refractivity contribution is 5.91. The second kappa shape index (κ2) is 1.75. The molecule has 0 fully saturated rings. The SMILES string of the molecule is O=c1ccc2cc3cccc-3c1-2. The molecule has 0 radical (unpaired) electrons. The monoisotopic (exact) mass is 154 g/mol. The van der Waals surface area contributed by atoms with E-state index in [1.165, 1.54) is 5.56 Å². The van der Waals surface area contributed by atoms with Crippen LogP contribution in [0.1, 0.15) is 0 Å². The Morgan fingerprint density at radius 1 is 0.917 bits per heavy atom. The molecule has 0 spiro atoms. The first-order valence-electron chi connectivity index (χ1n) is 3.94. The highest BCUT2D eigenvalue weighted by Crippen LogP contribution is 2.37. The van der Waals surface area contributed by atoms with Gasteiger partial charge < -0.3 is 0 Å². The van der Waals surface area contributed by atoms with E-state index in [1.54, 1.807) is 6.07 Å². The molecule has 1 nitrogen and oxygen atoms in total. The van der Waals surface area contributed by atoms with Gasteiger partial charge in [-0.25, -0.2) is 0 Å². The van der Waals surface area contributed by atoms with Gasteiger partial charge in [0.15, 0.2) is 5.43 Å². The molecule has 0 amide bonds. The fourth-order valence-electron chi connectivity index (χ4n) is 1.84. The molecule has 0 aromatic heterocycles. The van der Waals surface area contributed by atoms with Gasteiger partial charge in [0.1, 0.15) is 0 Å². The highest BCUT2D eigenvalue weighted by atomic mass is 16.1. The van der Waals surface area contributed by atoms with Gasteiger partial charge in [-0.3, -0.25) is 4.79 Å². The standard InChI is InChI=1S/C11H6O/c12-10-5-4-8-6-7-2-1-3-9(7)11(8)10/h1-6H. The van der Waals surface area contributed by atoms with Crippen molar-refractivity contribution in [2.24, 2.45) is 0 Å². The van der Waals surface area contributed by atoms with Crippen molar-refractivity contribution in [1.29, 1.82) is 0 Å². The van der Waals surface area contributed by atoms with Gasteiger partial charge in [0.2, 0.25) is 0 Å².